The van der Waals surface area contributed by atoms with Crippen LogP contribution in [-0.4, -0.2) is 7.11 Å². The van der Waals surface area contributed by atoms with Crippen LogP contribution in [0, 0.1) is 11.0 Å². The molecule has 0 radical (unpaired) electrons. The highest BCUT2D eigenvalue weighted by molar-refractivity contribution is 6.35. The number of nitrogens with zero attached hydrogens (tertiary/aromatic N) is 1. The van der Waals surface area contributed by atoms with Crippen LogP contribution < -0.4 is 9.47 Å². The van der Waals surface area contributed by atoms with Gasteiger partial charge in [-0.3, -0.25) is 0 Å². The summed E-state index contributed by atoms with van der Waals surface area (Å²) >= 11 is 5.88. The highest BCUT2D eigenvalue weighted by atomic mass is 35.5. The quantitative estimate of drug-likeness (QED) is 0.554. The zero-order valence-electron chi connectivity index (χ0n) is 7.83. The Labute approximate surface area is 90.2 Å². The largest absolute Gasteiger partial charge is 0.618 e. The molecule has 0 N–H and O–H groups in total. The molecule has 0 unspecified atom stereocenters. The Hall–Kier alpha value is -1.55. The van der Waals surface area contributed by atoms with Crippen molar-refractivity contribution in [2.45, 2.75) is 0 Å². The second kappa shape index (κ2) is 3.55. The van der Waals surface area contributed by atoms with E-state index >= 15 is 0 Å². The summed E-state index contributed by atoms with van der Waals surface area (Å²) in [6.45, 7) is 0. The molecular weight excluding hydrogens is 221 g/mol. The lowest BCUT2D eigenvalue weighted by Gasteiger charge is -2.06. The third-order valence-corrected chi connectivity index (χ3v) is 2.45. The van der Waals surface area contributed by atoms with E-state index in [1.54, 1.807) is 0 Å². The number of halogens is 2. The zero-order valence-corrected chi connectivity index (χ0v) is 8.58. The number of pyridine rings is 1. The van der Waals surface area contributed by atoms with Gasteiger partial charge in [0.25, 0.3) is 0 Å². The van der Waals surface area contributed by atoms with Gasteiger partial charge < -0.3 is 9.94 Å². The first-order valence-corrected chi connectivity index (χ1v) is 4.56. The fourth-order valence-electron chi connectivity index (χ4n) is 1.38. The number of rotatable bonds is 1. The molecule has 1 heterocycles. The van der Waals surface area contributed by atoms with Gasteiger partial charge in [-0.15, -0.1) is 0 Å². The highest BCUT2D eigenvalue weighted by Crippen LogP contribution is 2.27. The van der Waals surface area contributed by atoms with E-state index in [4.69, 9.17) is 16.3 Å². The van der Waals surface area contributed by atoms with Gasteiger partial charge in [0.1, 0.15) is 0 Å². The molecule has 0 amide bonds. The molecule has 0 aliphatic carbocycles. The van der Waals surface area contributed by atoms with Crippen molar-refractivity contribution in [3.63, 3.8) is 0 Å². The summed E-state index contributed by atoms with van der Waals surface area (Å²) in [5.41, 5.74) is 0.181. The summed E-state index contributed by atoms with van der Waals surface area (Å²) < 4.78 is 18.7. The van der Waals surface area contributed by atoms with Crippen LogP contribution in [0.3, 0.4) is 0 Å². The van der Waals surface area contributed by atoms with Crippen molar-refractivity contribution >= 4 is 22.5 Å². The highest BCUT2D eigenvalue weighted by Gasteiger charge is 2.13. The lowest BCUT2D eigenvalue weighted by molar-refractivity contribution is -0.577. The van der Waals surface area contributed by atoms with Gasteiger partial charge in [0, 0.05) is 6.07 Å². The van der Waals surface area contributed by atoms with E-state index in [2.05, 4.69) is 0 Å². The average Bonchev–Trinajstić information content (AvgIpc) is 2.23. The zero-order chi connectivity index (χ0) is 11.0. The van der Waals surface area contributed by atoms with Gasteiger partial charge in [0.2, 0.25) is 5.52 Å². The van der Waals surface area contributed by atoms with E-state index in [9.17, 15) is 9.60 Å². The van der Waals surface area contributed by atoms with Crippen LogP contribution in [-0.2, 0) is 0 Å². The van der Waals surface area contributed by atoms with E-state index in [1.807, 2.05) is 0 Å². The molecule has 3 nitrogen and oxygen atoms in total. The number of hydrogen-bond donors (Lipinski definition) is 0. The maximum absolute atomic E-state index is 13.3. The van der Waals surface area contributed by atoms with Crippen molar-refractivity contribution < 1.29 is 13.9 Å². The normalized spacial score (nSPS) is 10.6. The molecule has 0 spiro atoms. The fraction of sp³-hybridized carbons (Fsp3) is 0.100. The predicted molar refractivity (Wildman–Crippen MR) is 54.4 cm³/mol. The van der Waals surface area contributed by atoms with Crippen molar-refractivity contribution in [2.24, 2.45) is 0 Å². The number of ether oxygens (including phenoxy) is 1. The van der Waals surface area contributed by atoms with Gasteiger partial charge in [-0.2, -0.15) is 4.73 Å². The molecule has 0 bridgehead atoms. The number of aromatic nitrogens is 1. The lowest BCUT2D eigenvalue weighted by atomic mass is 10.2. The second-order valence-corrected chi connectivity index (χ2v) is 3.40. The van der Waals surface area contributed by atoms with Crippen LogP contribution in [0.1, 0.15) is 0 Å². The van der Waals surface area contributed by atoms with Gasteiger partial charge in [-0.1, -0.05) is 11.6 Å². The van der Waals surface area contributed by atoms with E-state index in [0.29, 0.717) is 15.1 Å². The van der Waals surface area contributed by atoms with Gasteiger partial charge >= 0.3 is 0 Å². The smallest absolute Gasteiger partial charge is 0.228 e. The van der Waals surface area contributed by atoms with Crippen molar-refractivity contribution in [3.8, 4) is 5.75 Å². The molecule has 0 saturated carbocycles. The molecule has 0 aliphatic rings. The Kier molecular flexibility index (Phi) is 2.36. The molecular formula is C10H7ClFNO2. The summed E-state index contributed by atoms with van der Waals surface area (Å²) in [7, 11) is 1.35. The molecule has 0 fully saturated rings. The topological polar surface area (TPSA) is 36.2 Å². The predicted octanol–water partition coefficient (Wildman–Crippen LogP) is 2.27. The first-order valence-electron chi connectivity index (χ1n) is 4.18. The fourth-order valence-corrected chi connectivity index (χ4v) is 1.58. The molecule has 0 aliphatic heterocycles. The van der Waals surface area contributed by atoms with E-state index in [1.165, 1.54) is 25.4 Å². The second-order valence-electron chi connectivity index (χ2n) is 2.99. The standard InChI is InChI=1S/C10H7ClFNO2/c1-15-10-4-6-7(11)2-3-13(14)9(6)5-8(10)12/h2-5H,1H3. The van der Waals surface area contributed by atoms with E-state index < -0.39 is 5.82 Å². The molecule has 2 rings (SSSR count). The SMILES string of the molecule is COc1cc2c(Cl)cc[n+]([O-])c2cc1F. The number of hydrogen-bond acceptors (Lipinski definition) is 2. The van der Waals surface area contributed by atoms with Gasteiger partial charge in [0.05, 0.1) is 23.6 Å². The molecule has 2 aromatic rings. The molecule has 1 aromatic heterocycles. The van der Waals surface area contributed by atoms with Crippen LogP contribution >= 0.6 is 11.6 Å². The summed E-state index contributed by atoms with van der Waals surface area (Å²) in [6.07, 6.45) is 1.23. The summed E-state index contributed by atoms with van der Waals surface area (Å²) in [4.78, 5) is 0. The summed E-state index contributed by atoms with van der Waals surface area (Å²) in [6, 6.07) is 3.96. The maximum atomic E-state index is 13.3. The lowest BCUT2D eigenvalue weighted by Crippen LogP contribution is -2.26. The minimum atomic E-state index is -0.586. The van der Waals surface area contributed by atoms with Crippen LogP contribution in [0.5, 0.6) is 5.75 Å². The van der Waals surface area contributed by atoms with Crippen molar-refractivity contribution in [3.05, 3.63) is 40.4 Å². The molecule has 15 heavy (non-hydrogen) atoms. The molecule has 1 aromatic carbocycles. The van der Waals surface area contributed by atoms with Crippen molar-refractivity contribution in [2.75, 3.05) is 7.11 Å². The first kappa shape index (κ1) is 9.98. The molecule has 78 valence electrons. The minimum absolute atomic E-state index is 0.0654. The molecule has 0 saturated heterocycles. The molecule has 5 heteroatoms. The van der Waals surface area contributed by atoms with Crippen LogP contribution in [0.2, 0.25) is 5.02 Å². The third-order valence-electron chi connectivity index (χ3n) is 2.12. The Morgan fingerprint density at radius 2 is 2.20 bits per heavy atom. The Balaban J connectivity index is 2.86. The van der Waals surface area contributed by atoms with Gasteiger partial charge in [-0.05, 0) is 6.07 Å². The van der Waals surface area contributed by atoms with Gasteiger partial charge in [-0.25, -0.2) is 4.39 Å². The van der Waals surface area contributed by atoms with Crippen LogP contribution in [0.15, 0.2) is 24.4 Å². The minimum Gasteiger partial charge on any atom is -0.618 e. The summed E-state index contributed by atoms with van der Waals surface area (Å²) in [5, 5.41) is 12.2. The Bertz CT molecular complexity index is 530. The third kappa shape index (κ3) is 1.57. The molecule has 0 atom stereocenters. The van der Waals surface area contributed by atoms with E-state index in [0.717, 1.165) is 6.07 Å². The van der Waals surface area contributed by atoms with Crippen LogP contribution in [0.25, 0.3) is 10.9 Å². The number of methoxy groups -OCH3 is 1. The average molecular weight is 228 g/mol. The Morgan fingerprint density at radius 1 is 1.47 bits per heavy atom. The van der Waals surface area contributed by atoms with Crippen molar-refractivity contribution in [1.82, 2.24) is 0 Å². The van der Waals surface area contributed by atoms with Gasteiger partial charge in [0.15, 0.2) is 17.8 Å². The monoisotopic (exact) mass is 227 g/mol. The number of fused-ring (bicyclic) bond motifs is 1. The van der Waals surface area contributed by atoms with Crippen molar-refractivity contribution in [1.29, 1.82) is 0 Å². The maximum Gasteiger partial charge on any atom is 0.228 e. The summed E-state index contributed by atoms with van der Waals surface area (Å²) in [5.74, 6) is -0.521. The first-order chi connectivity index (χ1) is 7.13. The number of benzene rings is 1. The Morgan fingerprint density at radius 3 is 2.87 bits per heavy atom. The van der Waals surface area contributed by atoms with Crippen LogP contribution in [0.4, 0.5) is 4.39 Å². The van der Waals surface area contributed by atoms with E-state index in [-0.39, 0.29) is 11.3 Å².